The fourth-order valence-electron chi connectivity index (χ4n) is 1.41. The van der Waals surface area contributed by atoms with Crippen molar-refractivity contribution in [1.29, 1.82) is 0 Å². The van der Waals surface area contributed by atoms with Gasteiger partial charge in [-0.1, -0.05) is 0 Å². The van der Waals surface area contributed by atoms with Crippen molar-refractivity contribution in [3.05, 3.63) is 15.8 Å². The first kappa shape index (κ1) is 9.97. The molecule has 1 aromatic rings. The lowest BCUT2D eigenvalue weighted by Gasteiger charge is -2.27. The number of anilines is 2. The maximum absolute atomic E-state index is 5.82. The van der Waals surface area contributed by atoms with E-state index in [4.69, 9.17) is 10.5 Å². The summed E-state index contributed by atoms with van der Waals surface area (Å²) in [5.41, 5.74) is 6.62. The maximum Gasteiger partial charge on any atom is 0.130 e. The predicted octanol–water partition coefficient (Wildman–Crippen LogP) is 1.10. The van der Waals surface area contributed by atoms with Crippen LogP contribution in [0.3, 0.4) is 0 Å². The Morgan fingerprint density at radius 3 is 2.79 bits per heavy atom. The van der Waals surface area contributed by atoms with Gasteiger partial charge in [-0.3, -0.25) is 0 Å². The lowest BCUT2D eigenvalue weighted by molar-refractivity contribution is 0.122. The van der Waals surface area contributed by atoms with Gasteiger partial charge in [0, 0.05) is 25.4 Å². The highest BCUT2D eigenvalue weighted by molar-refractivity contribution is 14.1. The van der Waals surface area contributed by atoms with Gasteiger partial charge < -0.3 is 15.4 Å². The molecule has 0 unspecified atom stereocenters. The average molecular weight is 305 g/mol. The molecule has 2 heterocycles. The molecule has 76 valence electrons. The van der Waals surface area contributed by atoms with E-state index in [1.54, 1.807) is 6.20 Å². The lowest BCUT2D eigenvalue weighted by atomic mass is 10.3. The van der Waals surface area contributed by atoms with Crippen LogP contribution in [0.4, 0.5) is 11.5 Å². The minimum Gasteiger partial charge on any atom is -0.398 e. The van der Waals surface area contributed by atoms with Gasteiger partial charge in [-0.15, -0.1) is 0 Å². The van der Waals surface area contributed by atoms with E-state index in [-0.39, 0.29) is 0 Å². The van der Waals surface area contributed by atoms with Gasteiger partial charge >= 0.3 is 0 Å². The third-order valence-electron chi connectivity index (χ3n) is 2.21. The Bertz CT molecular complexity index is 326. The second-order valence-electron chi connectivity index (χ2n) is 3.16. The van der Waals surface area contributed by atoms with E-state index in [2.05, 4.69) is 32.5 Å². The number of rotatable bonds is 1. The quantitative estimate of drug-likeness (QED) is 0.790. The van der Waals surface area contributed by atoms with Crippen LogP contribution in [-0.4, -0.2) is 31.3 Å². The molecular weight excluding hydrogens is 293 g/mol. The number of morpholine rings is 1. The van der Waals surface area contributed by atoms with Crippen LogP contribution in [0.15, 0.2) is 12.3 Å². The molecule has 1 saturated heterocycles. The molecule has 4 nitrogen and oxygen atoms in total. The summed E-state index contributed by atoms with van der Waals surface area (Å²) in [7, 11) is 0. The highest BCUT2D eigenvalue weighted by atomic mass is 127. The van der Waals surface area contributed by atoms with Crippen molar-refractivity contribution in [2.75, 3.05) is 36.9 Å². The standard InChI is InChI=1S/C9H12IN3O/c10-7-6-12-9(5-8(7)11)13-1-3-14-4-2-13/h5-6H,1-4H2,(H2,11,12). The lowest BCUT2D eigenvalue weighted by Crippen LogP contribution is -2.36. The summed E-state index contributed by atoms with van der Waals surface area (Å²) in [5, 5.41) is 0. The molecule has 0 aromatic carbocycles. The van der Waals surface area contributed by atoms with Crippen molar-refractivity contribution < 1.29 is 4.74 Å². The van der Waals surface area contributed by atoms with Gasteiger partial charge in [-0.2, -0.15) is 0 Å². The summed E-state index contributed by atoms with van der Waals surface area (Å²) in [5.74, 6) is 0.950. The summed E-state index contributed by atoms with van der Waals surface area (Å²) in [6.07, 6.45) is 1.81. The van der Waals surface area contributed by atoms with Crippen molar-refractivity contribution in [2.24, 2.45) is 0 Å². The molecule has 1 aliphatic heterocycles. The van der Waals surface area contributed by atoms with Gasteiger partial charge in [0.2, 0.25) is 0 Å². The van der Waals surface area contributed by atoms with Crippen LogP contribution in [0.1, 0.15) is 0 Å². The van der Waals surface area contributed by atoms with E-state index in [9.17, 15) is 0 Å². The zero-order valence-corrected chi connectivity index (χ0v) is 9.90. The molecular formula is C9H12IN3O. The van der Waals surface area contributed by atoms with E-state index in [1.807, 2.05) is 6.07 Å². The number of pyridine rings is 1. The Morgan fingerprint density at radius 1 is 1.43 bits per heavy atom. The van der Waals surface area contributed by atoms with Crippen LogP contribution in [0, 0.1) is 3.57 Å². The molecule has 1 aromatic heterocycles. The van der Waals surface area contributed by atoms with Gasteiger partial charge in [0.1, 0.15) is 5.82 Å². The summed E-state index contributed by atoms with van der Waals surface area (Å²) in [4.78, 5) is 6.54. The Balaban J connectivity index is 2.18. The Hall–Kier alpha value is -0.560. The largest absolute Gasteiger partial charge is 0.398 e. The molecule has 0 bridgehead atoms. The highest BCUT2D eigenvalue weighted by Gasteiger charge is 2.12. The summed E-state index contributed by atoms with van der Waals surface area (Å²) < 4.78 is 6.27. The molecule has 5 heteroatoms. The van der Waals surface area contributed by atoms with Crippen molar-refractivity contribution >= 4 is 34.1 Å². The van der Waals surface area contributed by atoms with Crippen molar-refractivity contribution in [3.8, 4) is 0 Å². The number of halogens is 1. The minimum absolute atomic E-state index is 0.771. The van der Waals surface area contributed by atoms with Crippen LogP contribution in [0.2, 0.25) is 0 Å². The summed E-state index contributed by atoms with van der Waals surface area (Å²) in [6.45, 7) is 3.33. The monoisotopic (exact) mass is 305 g/mol. The molecule has 0 amide bonds. The topological polar surface area (TPSA) is 51.4 Å². The second-order valence-corrected chi connectivity index (χ2v) is 4.33. The number of hydrogen-bond acceptors (Lipinski definition) is 4. The van der Waals surface area contributed by atoms with Gasteiger partial charge in [-0.25, -0.2) is 4.98 Å². The first-order valence-electron chi connectivity index (χ1n) is 4.51. The molecule has 0 saturated carbocycles. The number of hydrogen-bond donors (Lipinski definition) is 1. The molecule has 2 N–H and O–H groups in total. The van der Waals surface area contributed by atoms with E-state index in [1.165, 1.54) is 0 Å². The molecule has 0 aliphatic carbocycles. The molecule has 0 atom stereocenters. The highest BCUT2D eigenvalue weighted by Crippen LogP contribution is 2.20. The zero-order chi connectivity index (χ0) is 9.97. The SMILES string of the molecule is Nc1cc(N2CCOCC2)ncc1I. The number of aromatic nitrogens is 1. The molecule has 1 aliphatic rings. The molecule has 1 fully saturated rings. The third kappa shape index (κ3) is 2.09. The van der Waals surface area contributed by atoms with Gasteiger partial charge in [0.05, 0.1) is 22.5 Å². The Kier molecular flexibility index (Phi) is 3.07. The van der Waals surface area contributed by atoms with Crippen LogP contribution in [-0.2, 0) is 4.74 Å². The van der Waals surface area contributed by atoms with E-state index >= 15 is 0 Å². The third-order valence-corrected chi connectivity index (χ3v) is 3.11. The molecule has 2 rings (SSSR count). The zero-order valence-electron chi connectivity index (χ0n) is 7.74. The van der Waals surface area contributed by atoms with Crippen LogP contribution in [0.5, 0.6) is 0 Å². The van der Waals surface area contributed by atoms with Crippen molar-refractivity contribution in [1.82, 2.24) is 4.98 Å². The molecule has 0 radical (unpaired) electrons. The smallest absolute Gasteiger partial charge is 0.130 e. The second kappa shape index (κ2) is 4.31. The van der Waals surface area contributed by atoms with Crippen molar-refractivity contribution in [3.63, 3.8) is 0 Å². The fraction of sp³-hybridized carbons (Fsp3) is 0.444. The van der Waals surface area contributed by atoms with Gasteiger partial charge in [0.15, 0.2) is 0 Å². The number of nitrogens with zero attached hydrogens (tertiary/aromatic N) is 2. The van der Waals surface area contributed by atoms with Gasteiger partial charge in [0.25, 0.3) is 0 Å². The van der Waals surface area contributed by atoms with Crippen LogP contribution < -0.4 is 10.6 Å². The van der Waals surface area contributed by atoms with Gasteiger partial charge in [-0.05, 0) is 22.6 Å². The fourth-order valence-corrected chi connectivity index (χ4v) is 1.70. The normalized spacial score (nSPS) is 17.1. The van der Waals surface area contributed by atoms with Crippen molar-refractivity contribution in [2.45, 2.75) is 0 Å². The Morgan fingerprint density at radius 2 is 2.14 bits per heavy atom. The first-order chi connectivity index (χ1) is 6.77. The van der Waals surface area contributed by atoms with Crippen LogP contribution in [0.25, 0.3) is 0 Å². The number of nitrogen functional groups attached to an aromatic ring is 1. The maximum atomic E-state index is 5.82. The van der Waals surface area contributed by atoms with E-state index in [0.717, 1.165) is 41.4 Å². The predicted molar refractivity (Wildman–Crippen MR) is 64.4 cm³/mol. The molecule has 14 heavy (non-hydrogen) atoms. The number of ether oxygens (including phenoxy) is 1. The first-order valence-corrected chi connectivity index (χ1v) is 5.59. The summed E-state index contributed by atoms with van der Waals surface area (Å²) in [6, 6.07) is 1.92. The summed E-state index contributed by atoms with van der Waals surface area (Å²) >= 11 is 2.18. The van der Waals surface area contributed by atoms with E-state index in [0.29, 0.717) is 0 Å². The molecule has 0 spiro atoms. The average Bonchev–Trinajstić information content (AvgIpc) is 2.23. The minimum atomic E-state index is 0.771. The van der Waals surface area contributed by atoms with E-state index < -0.39 is 0 Å². The Labute approximate surface area is 96.6 Å². The van der Waals surface area contributed by atoms with Crippen LogP contribution >= 0.6 is 22.6 Å². The number of nitrogens with two attached hydrogens (primary N) is 1.